The predicted molar refractivity (Wildman–Crippen MR) is 169 cm³/mol. The van der Waals surface area contributed by atoms with Gasteiger partial charge >= 0.3 is 28.7 Å². The molecule has 11 heteroatoms. The van der Waals surface area contributed by atoms with E-state index in [1.54, 1.807) is 26.0 Å². The van der Waals surface area contributed by atoms with Crippen LogP contribution in [0.5, 0.6) is 0 Å². The van der Waals surface area contributed by atoms with Crippen molar-refractivity contribution in [3.8, 4) is 0 Å². The van der Waals surface area contributed by atoms with Crippen molar-refractivity contribution in [2.24, 2.45) is 0 Å². The first-order valence-electron chi connectivity index (χ1n) is 14.6. The average molecular weight is 656 g/mol. The molecule has 0 amide bonds. The third-order valence-electron chi connectivity index (χ3n) is 8.49. The molecule has 1 radical (unpaired) electrons. The number of allylic oxidation sites excluding steroid dienone is 3. The molecule has 0 saturated heterocycles. The molecule has 5 rings (SSSR count). The average Bonchev–Trinajstić information content (AvgIpc) is 3.59. The van der Waals surface area contributed by atoms with Gasteiger partial charge in [-0.1, -0.05) is 41.0 Å². The Morgan fingerprint density at radius 2 is 1.20 bits per heavy atom. The molecule has 0 fully saturated rings. The number of carboxylic acid groups (broad SMARTS) is 2. The van der Waals surface area contributed by atoms with Crippen molar-refractivity contribution >= 4 is 56.3 Å². The summed E-state index contributed by atoms with van der Waals surface area (Å²) in [6.07, 6.45) is -1.32. The van der Waals surface area contributed by atoms with Gasteiger partial charge in [0.2, 0.25) is 0 Å². The second-order valence-electron chi connectivity index (χ2n) is 11.5. The van der Waals surface area contributed by atoms with Crippen LogP contribution >= 0.6 is 0 Å². The maximum Gasteiger partial charge on any atom is 2.00 e. The Hall–Kier alpha value is -4.03. The molecule has 3 aromatic rings. The molecule has 10 nitrogen and oxygen atoms in total. The number of carbonyl (C=O) groups is 2. The molecular weight excluding hydrogens is 619 g/mol. The van der Waals surface area contributed by atoms with Crippen molar-refractivity contribution in [1.82, 2.24) is 19.9 Å². The van der Waals surface area contributed by atoms with Gasteiger partial charge in [-0.25, -0.2) is 9.97 Å². The maximum absolute atomic E-state index is 11.5. The minimum atomic E-state index is -0.931. The van der Waals surface area contributed by atoms with Gasteiger partial charge in [-0.2, -0.15) is 0 Å². The van der Waals surface area contributed by atoms with E-state index in [4.69, 9.17) is 19.9 Å². The first kappa shape index (κ1) is 33.9. The van der Waals surface area contributed by atoms with Crippen molar-refractivity contribution in [2.75, 3.05) is 0 Å². The van der Waals surface area contributed by atoms with E-state index >= 15 is 0 Å². The summed E-state index contributed by atoms with van der Waals surface area (Å²) in [6, 6.07) is 7.25. The number of aliphatic carboxylic acids is 2. The number of hydrogen-bond acceptors (Lipinski definition) is 6. The van der Waals surface area contributed by atoms with Crippen LogP contribution in [0.15, 0.2) is 24.3 Å². The number of nitrogens with zero attached hydrogens (tertiary/aromatic N) is 4. The van der Waals surface area contributed by atoms with Gasteiger partial charge in [0.1, 0.15) is 0 Å². The number of carboxylic acids is 2. The van der Waals surface area contributed by atoms with Gasteiger partial charge in [-0.15, -0.1) is 22.1 Å². The van der Waals surface area contributed by atoms with Gasteiger partial charge in [0, 0.05) is 18.4 Å². The number of rotatable bonds is 8. The third-order valence-corrected chi connectivity index (χ3v) is 8.49. The van der Waals surface area contributed by atoms with Crippen LogP contribution in [0.2, 0.25) is 0 Å². The number of aryl methyl sites for hydroxylation is 3. The molecule has 2 unspecified atom stereocenters. The molecule has 0 spiro atoms. The van der Waals surface area contributed by atoms with Gasteiger partial charge in [0.15, 0.2) is 0 Å². The monoisotopic (exact) mass is 655 g/mol. The summed E-state index contributed by atoms with van der Waals surface area (Å²) in [7, 11) is 0. The van der Waals surface area contributed by atoms with Crippen molar-refractivity contribution in [3.63, 3.8) is 0 Å². The molecule has 0 aromatic carbocycles. The minimum absolute atomic E-state index is 0. The number of aromatic nitrogens is 4. The quantitative estimate of drug-likeness (QED) is 0.248. The summed E-state index contributed by atoms with van der Waals surface area (Å²) in [5.41, 5.74) is 10.6. The molecular formula is C34H36CoN4O6. The first-order valence-corrected chi connectivity index (χ1v) is 14.6. The fourth-order valence-electron chi connectivity index (χ4n) is 6.15. The molecule has 3 aromatic heterocycles. The van der Waals surface area contributed by atoms with Crippen LogP contribution in [0.4, 0.5) is 0 Å². The zero-order chi connectivity index (χ0) is 32.0. The van der Waals surface area contributed by atoms with E-state index in [0.29, 0.717) is 56.0 Å². The van der Waals surface area contributed by atoms with Crippen LogP contribution in [-0.2, 0) is 32.8 Å². The van der Waals surface area contributed by atoms with Gasteiger partial charge in [0.05, 0.1) is 35.0 Å². The fraction of sp³-hybridized carbons (Fsp3) is 0.353. The number of aliphatic hydroxyl groups is 2. The molecule has 2 aliphatic rings. The Morgan fingerprint density at radius 3 is 1.82 bits per heavy atom. The molecule has 8 bridgehead atoms. The Kier molecular flexibility index (Phi) is 9.88. The van der Waals surface area contributed by atoms with Crippen LogP contribution in [0.25, 0.3) is 44.4 Å². The van der Waals surface area contributed by atoms with Crippen molar-refractivity contribution < 1.29 is 46.8 Å². The predicted octanol–water partition coefficient (Wildman–Crippen LogP) is 5.36. The zero-order valence-corrected chi connectivity index (χ0v) is 27.1. The topological polar surface area (TPSA) is 169 Å². The number of aliphatic hydroxyl groups excluding tert-OH is 2. The molecule has 5 heterocycles. The van der Waals surface area contributed by atoms with Crippen LogP contribution in [-0.4, -0.2) is 48.4 Å². The second kappa shape index (κ2) is 13.1. The summed E-state index contributed by atoms with van der Waals surface area (Å²) in [5.74, 6) is -1.86. The molecule has 4 N–H and O–H groups in total. The Morgan fingerprint density at radius 1 is 0.689 bits per heavy atom. The van der Waals surface area contributed by atoms with Crippen LogP contribution < -0.4 is 9.97 Å². The van der Waals surface area contributed by atoms with Gasteiger partial charge in [-0.05, 0) is 76.7 Å². The van der Waals surface area contributed by atoms with Gasteiger partial charge < -0.3 is 30.4 Å². The van der Waals surface area contributed by atoms with Crippen molar-refractivity contribution in [1.29, 1.82) is 0 Å². The van der Waals surface area contributed by atoms with E-state index in [-0.39, 0.29) is 42.5 Å². The smallest absolute Gasteiger partial charge is 0.657 e. The fourth-order valence-corrected chi connectivity index (χ4v) is 6.15. The zero-order valence-electron chi connectivity index (χ0n) is 26.0. The van der Waals surface area contributed by atoms with E-state index in [9.17, 15) is 30.0 Å². The van der Waals surface area contributed by atoms with E-state index in [0.717, 1.165) is 33.4 Å². The third kappa shape index (κ3) is 6.52. The summed E-state index contributed by atoms with van der Waals surface area (Å²) < 4.78 is 0. The van der Waals surface area contributed by atoms with Crippen LogP contribution in [0, 0.1) is 13.8 Å². The maximum atomic E-state index is 11.5. The summed E-state index contributed by atoms with van der Waals surface area (Å²) in [6.45, 7) is 10.9. The van der Waals surface area contributed by atoms with E-state index in [1.807, 2.05) is 39.8 Å². The van der Waals surface area contributed by atoms with Crippen molar-refractivity contribution in [2.45, 2.75) is 79.4 Å². The summed E-state index contributed by atoms with van der Waals surface area (Å²) in [5, 5.41) is 40.4. The SMILES string of the molecule is CC1=C(CCC(=O)O)c2cc3[n-]c(cc4nc(cc5[n-]c(cc1n2)c(C)c5C(C)O)C(C)=C4C(C)O)c(C)c3CCC(=O)O.[Co+2]. The first-order chi connectivity index (χ1) is 20.8. The Labute approximate surface area is 271 Å². The number of fused-ring (bicyclic) bond motifs is 8. The summed E-state index contributed by atoms with van der Waals surface area (Å²) in [4.78, 5) is 42.6. The standard InChI is InChI=1S/C34H38N4O6.Co/c1-15-21(7-9-31(41)42)27-14-28-22(8-10-32(43)44)16(2)24(36-28)12-29-34(20(6)40)18(4)26(38-29)13-30-33(19(5)39)17(3)25(37-30)11-23(15)35-27;/h11-14,19-20,39-40H,7-10H2,1-6H3,(H4,35,36,37,38,41,42,43,44);/q;+2/p-2. The Balaban J connectivity index is 0.00000461. The van der Waals surface area contributed by atoms with Gasteiger partial charge in [0.25, 0.3) is 0 Å². The Bertz CT molecular complexity index is 1930. The number of hydrogen-bond donors (Lipinski definition) is 4. The van der Waals surface area contributed by atoms with Crippen molar-refractivity contribution in [3.05, 3.63) is 69.3 Å². The molecule has 237 valence electrons. The van der Waals surface area contributed by atoms with Gasteiger partial charge in [-0.3, -0.25) is 9.59 Å². The molecule has 2 aliphatic heterocycles. The van der Waals surface area contributed by atoms with Crippen LogP contribution in [0.3, 0.4) is 0 Å². The van der Waals surface area contributed by atoms with E-state index in [1.165, 1.54) is 0 Å². The second-order valence-corrected chi connectivity index (χ2v) is 11.5. The molecule has 0 aliphatic carbocycles. The van der Waals surface area contributed by atoms with E-state index < -0.39 is 24.1 Å². The normalized spacial score (nSPS) is 14.4. The molecule has 0 saturated carbocycles. The molecule has 45 heavy (non-hydrogen) atoms. The minimum Gasteiger partial charge on any atom is -0.657 e. The molecule has 2 atom stereocenters. The summed E-state index contributed by atoms with van der Waals surface area (Å²) >= 11 is 0. The largest absolute Gasteiger partial charge is 2.00 e. The van der Waals surface area contributed by atoms with Crippen LogP contribution in [0.1, 0.15) is 98.1 Å². The van der Waals surface area contributed by atoms with E-state index in [2.05, 4.69) is 0 Å².